The Morgan fingerprint density at radius 1 is 1.43 bits per heavy atom. The van der Waals surface area contributed by atoms with Crippen molar-refractivity contribution < 1.29 is 14.3 Å². The Morgan fingerprint density at radius 2 is 2.36 bits per heavy atom. The third-order valence-electron chi connectivity index (χ3n) is 2.21. The van der Waals surface area contributed by atoms with E-state index >= 15 is 0 Å². The van der Waals surface area contributed by atoms with Crippen LogP contribution in [-0.2, 0) is 22.6 Å². The predicted molar refractivity (Wildman–Crippen MR) is 50.6 cm³/mol. The Bertz CT molecular complexity index is 314. The fourth-order valence-corrected chi connectivity index (χ4v) is 1.56. The first kappa shape index (κ1) is 9.45. The van der Waals surface area contributed by atoms with Crippen LogP contribution in [-0.4, -0.2) is 13.4 Å². The molecule has 0 fully saturated rings. The van der Waals surface area contributed by atoms with Crippen molar-refractivity contribution in [3.05, 3.63) is 29.3 Å². The topological polar surface area (TPSA) is 53.7 Å². The molecule has 0 aliphatic carbocycles. The van der Waals surface area contributed by atoms with Gasteiger partial charge in [0.05, 0.1) is 13.2 Å². The Kier molecular flexibility index (Phi) is 2.98. The number of fused-ring (bicyclic) bond motifs is 1. The SMILES string of the molecule is NOCCc1cccc2c1OCOC2. The third-order valence-corrected chi connectivity index (χ3v) is 2.21. The fraction of sp³-hybridized carbons (Fsp3) is 0.400. The zero-order chi connectivity index (χ0) is 9.80. The molecular formula is C10H13NO3. The Balaban J connectivity index is 2.21. The predicted octanol–water partition coefficient (Wildman–Crippen LogP) is 0.986. The third kappa shape index (κ3) is 1.87. The molecule has 0 atom stereocenters. The van der Waals surface area contributed by atoms with Crippen LogP contribution in [0.3, 0.4) is 0 Å². The molecule has 0 amide bonds. The van der Waals surface area contributed by atoms with Crippen molar-refractivity contribution >= 4 is 0 Å². The summed E-state index contributed by atoms with van der Waals surface area (Å²) in [6, 6.07) is 6.01. The molecular weight excluding hydrogens is 182 g/mol. The number of hydrogen-bond acceptors (Lipinski definition) is 4. The van der Waals surface area contributed by atoms with Crippen molar-refractivity contribution in [3.8, 4) is 5.75 Å². The van der Waals surface area contributed by atoms with Gasteiger partial charge in [0.1, 0.15) is 5.75 Å². The van der Waals surface area contributed by atoms with Crippen LogP contribution >= 0.6 is 0 Å². The summed E-state index contributed by atoms with van der Waals surface area (Å²) in [7, 11) is 0. The lowest BCUT2D eigenvalue weighted by Gasteiger charge is -2.20. The van der Waals surface area contributed by atoms with Crippen molar-refractivity contribution in [2.75, 3.05) is 13.4 Å². The van der Waals surface area contributed by atoms with Gasteiger partial charge in [-0.1, -0.05) is 18.2 Å². The number of ether oxygens (including phenoxy) is 2. The highest BCUT2D eigenvalue weighted by Gasteiger charge is 2.13. The van der Waals surface area contributed by atoms with Gasteiger partial charge in [-0.25, -0.2) is 5.90 Å². The van der Waals surface area contributed by atoms with Gasteiger partial charge in [-0.05, 0) is 5.56 Å². The minimum atomic E-state index is 0.327. The number of nitrogens with two attached hydrogens (primary N) is 1. The first-order chi connectivity index (χ1) is 6.92. The van der Waals surface area contributed by atoms with Crippen LogP contribution in [0, 0.1) is 0 Å². The number of benzene rings is 1. The van der Waals surface area contributed by atoms with Gasteiger partial charge < -0.3 is 14.3 Å². The molecule has 1 aliphatic heterocycles. The summed E-state index contributed by atoms with van der Waals surface area (Å²) in [5.74, 6) is 5.91. The van der Waals surface area contributed by atoms with Crippen LogP contribution in [0.4, 0.5) is 0 Å². The summed E-state index contributed by atoms with van der Waals surface area (Å²) in [6.45, 7) is 1.45. The van der Waals surface area contributed by atoms with E-state index in [2.05, 4.69) is 4.84 Å². The molecule has 4 nitrogen and oxygen atoms in total. The highest BCUT2D eigenvalue weighted by atomic mass is 16.7. The molecule has 14 heavy (non-hydrogen) atoms. The summed E-state index contributed by atoms with van der Waals surface area (Å²) in [5, 5.41) is 0. The van der Waals surface area contributed by atoms with Crippen molar-refractivity contribution in [3.63, 3.8) is 0 Å². The molecule has 2 rings (SSSR count). The van der Waals surface area contributed by atoms with E-state index in [0.717, 1.165) is 23.3 Å². The minimum Gasteiger partial charge on any atom is -0.467 e. The lowest BCUT2D eigenvalue weighted by molar-refractivity contribution is -0.0172. The van der Waals surface area contributed by atoms with Gasteiger partial charge >= 0.3 is 0 Å². The molecule has 2 N–H and O–H groups in total. The summed E-state index contributed by atoms with van der Waals surface area (Å²) >= 11 is 0. The summed E-state index contributed by atoms with van der Waals surface area (Å²) in [4.78, 5) is 4.55. The van der Waals surface area contributed by atoms with E-state index in [4.69, 9.17) is 15.4 Å². The second-order valence-corrected chi connectivity index (χ2v) is 3.14. The standard InChI is InChI=1S/C10H13NO3/c11-14-5-4-8-2-1-3-9-6-12-7-13-10(8)9/h1-3H,4-7,11H2. The molecule has 0 saturated heterocycles. The summed E-state index contributed by atoms with van der Waals surface area (Å²) in [5.41, 5.74) is 2.21. The maximum Gasteiger partial charge on any atom is 0.189 e. The molecule has 76 valence electrons. The number of rotatable bonds is 3. The first-order valence-corrected chi connectivity index (χ1v) is 4.55. The molecule has 1 aromatic rings. The second kappa shape index (κ2) is 4.41. The van der Waals surface area contributed by atoms with Crippen molar-refractivity contribution in [2.45, 2.75) is 13.0 Å². The van der Waals surface area contributed by atoms with Gasteiger partial charge in [0.2, 0.25) is 0 Å². The van der Waals surface area contributed by atoms with Crippen LogP contribution < -0.4 is 10.6 Å². The zero-order valence-corrected chi connectivity index (χ0v) is 7.86. The minimum absolute atomic E-state index is 0.327. The van der Waals surface area contributed by atoms with Crippen LogP contribution in [0.15, 0.2) is 18.2 Å². The molecule has 0 aromatic heterocycles. The average Bonchev–Trinajstić information content (AvgIpc) is 2.26. The van der Waals surface area contributed by atoms with Gasteiger partial charge in [-0.15, -0.1) is 0 Å². The largest absolute Gasteiger partial charge is 0.467 e. The van der Waals surface area contributed by atoms with Gasteiger partial charge in [0, 0.05) is 12.0 Å². The molecule has 1 aliphatic rings. The monoisotopic (exact) mass is 195 g/mol. The molecule has 0 radical (unpaired) electrons. The Labute approximate surface area is 82.5 Å². The molecule has 1 aromatic carbocycles. The smallest absolute Gasteiger partial charge is 0.189 e. The first-order valence-electron chi connectivity index (χ1n) is 4.55. The van der Waals surface area contributed by atoms with Gasteiger partial charge in [-0.3, -0.25) is 0 Å². The highest BCUT2D eigenvalue weighted by Crippen LogP contribution is 2.28. The van der Waals surface area contributed by atoms with Crippen LogP contribution in [0.2, 0.25) is 0 Å². The molecule has 4 heteroatoms. The maximum absolute atomic E-state index is 5.43. The normalized spacial score (nSPS) is 14.6. The van der Waals surface area contributed by atoms with Gasteiger partial charge in [0.25, 0.3) is 0 Å². The second-order valence-electron chi connectivity index (χ2n) is 3.14. The number of hydrogen-bond donors (Lipinski definition) is 1. The van der Waals surface area contributed by atoms with E-state index < -0.39 is 0 Å². The van der Waals surface area contributed by atoms with E-state index in [1.54, 1.807) is 0 Å². The van der Waals surface area contributed by atoms with Crippen LogP contribution in [0.1, 0.15) is 11.1 Å². The van der Waals surface area contributed by atoms with Crippen molar-refractivity contribution in [1.29, 1.82) is 0 Å². The average molecular weight is 195 g/mol. The van der Waals surface area contributed by atoms with Gasteiger partial charge in [-0.2, -0.15) is 0 Å². The van der Waals surface area contributed by atoms with Crippen LogP contribution in [0.25, 0.3) is 0 Å². The van der Waals surface area contributed by atoms with E-state index in [0.29, 0.717) is 20.0 Å². The molecule has 0 bridgehead atoms. The maximum atomic E-state index is 5.43. The van der Waals surface area contributed by atoms with Gasteiger partial charge in [0.15, 0.2) is 6.79 Å². The molecule has 1 heterocycles. The van der Waals surface area contributed by atoms with E-state index in [-0.39, 0.29) is 0 Å². The molecule has 0 unspecified atom stereocenters. The van der Waals surface area contributed by atoms with Crippen LogP contribution in [0.5, 0.6) is 5.75 Å². The van der Waals surface area contributed by atoms with E-state index in [1.807, 2.05) is 18.2 Å². The lowest BCUT2D eigenvalue weighted by atomic mass is 10.1. The quantitative estimate of drug-likeness (QED) is 0.730. The fourth-order valence-electron chi connectivity index (χ4n) is 1.56. The lowest BCUT2D eigenvalue weighted by Crippen LogP contribution is -2.14. The van der Waals surface area contributed by atoms with Crippen molar-refractivity contribution in [2.24, 2.45) is 5.90 Å². The zero-order valence-electron chi connectivity index (χ0n) is 7.86. The Morgan fingerprint density at radius 3 is 3.21 bits per heavy atom. The summed E-state index contributed by atoms with van der Waals surface area (Å²) in [6.07, 6.45) is 0.764. The van der Waals surface area contributed by atoms with E-state index in [9.17, 15) is 0 Å². The van der Waals surface area contributed by atoms with E-state index in [1.165, 1.54) is 0 Å². The highest BCUT2D eigenvalue weighted by molar-refractivity contribution is 5.42. The summed E-state index contributed by atoms with van der Waals surface area (Å²) < 4.78 is 10.6. The molecule has 0 saturated carbocycles. The Hall–Kier alpha value is -1.10. The number of para-hydroxylation sites is 1. The van der Waals surface area contributed by atoms with Crippen molar-refractivity contribution in [1.82, 2.24) is 0 Å². The molecule has 0 spiro atoms.